The quantitative estimate of drug-likeness (QED) is 0.882. The zero-order valence-electron chi connectivity index (χ0n) is 11.0. The average molecular weight is 283 g/mol. The predicted octanol–water partition coefficient (Wildman–Crippen LogP) is 1.68. The summed E-state index contributed by atoms with van der Waals surface area (Å²) in [5, 5.41) is 4.93. The number of benzene rings is 1. The zero-order chi connectivity index (χ0) is 13.7. The Kier molecular flexibility index (Phi) is 4.79. The van der Waals surface area contributed by atoms with Gasteiger partial charge in [0.05, 0.1) is 0 Å². The predicted molar refractivity (Wildman–Crippen MR) is 76.9 cm³/mol. The molecule has 106 valence electrons. The molecule has 0 saturated carbocycles. The van der Waals surface area contributed by atoms with E-state index in [0.29, 0.717) is 5.69 Å². The third-order valence-electron chi connectivity index (χ3n) is 3.32. The highest BCUT2D eigenvalue weighted by molar-refractivity contribution is 7.90. The molecule has 1 saturated heterocycles. The van der Waals surface area contributed by atoms with Crippen LogP contribution >= 0.6 is 0 Å². The maximum atomic E-state index is 10.9. The van der Waals surface area contributed by atoms with Gasteiger partial charge in [0, 0.05) is 12.2 Å². The van der Waals surface area contributed by atoms with Crippen LogP contribution in [0.3, 0.4) is 0 Å². The molecule has 1 heterocycles. The Morgan fingerprint density at radius 1 is 1.05 bits per heavy atom. The summed E-state index contributed by atoms with van der Waals surface area (Å²) in [6, 6.07) is 7.38. The first kappa shape index (κ1) is 14.3. The number of likely N-dealkylation sites (tertiary alicyclic amines) is 1. The molecular weight excluding hydrogens is 262 g/mol. The molecule has 0 spiro atoms. The van der Waals surface area contributed by atoms with E-state index in [4.69, 9.17) is 5.14 Å². The second-order valence-electron chi connectivity index (χ2n) is 5.03. The molecule has 1 aliphatic heterocycles. The lowest BCUT2D eigenvalue weighted by Crippen LogP contribution is -2.24. The second kappa shape index (κ2) is 6.36. The number of hydrogen-bond acceptors (Lipinski definition) is 3. The van der Waals surface area contributed by atoms with E-state index >= 15 is 0 Å². The van der Waals surface area contributed by atoms with E-state index in [2.05, 4.69) is 9.62 Å². The number of hydrogen-bond donors (Lipinski definition) is 2. The monoisotopic (exact) mass is 283 g/mol. The van der Waals surface area contributed by atoms with E-state index in [1.807, 2.05) is 12.1 Å². The van der Waals surface area contributed by atoms with E-state index in [1.165, 1.54) is 31.2 Å². The summed E-state index contributed by atoms with van der Waals surface area (Å²) < 4.78 is 24.1. The van der Waals surface area contributed by atoms with Crippen LogP contribution in [0, 0.1) is 0 Å². The summed E-state index contributed by atoms with van der Waals surface area (Å²) in [4.78, 5) is 2.45. The molecule has 5 nitrogen and oxygen atoms in total. The van der Waals surface area contributed by atoms with Gasteiger partial charge in [-0.2, -0.15) is 8.42 Å². The van der Waals surface area contributed by atoms with Crippen molar-refractivity contribution in [2.45, 2.75) is 32.2 Å². The number of nitrogens with zero attached hydrogens (tertiary/aromatic N) is 1. The Morgan fingerprint density at radius 3 is 2.16 bits per heavy atom. The minimum absolute atomic E-state index is 0.502. The molecule has 19 heavy (non-hydrogen) atoms. The minimum atomic E-state index is -3.68. The highest BCUT2D eigenvalue weighted by Crippen LogP contribution is 2.15. The molecule has 0 atom stereocenters. The lowest BCUT2D eigenvalue weighted by Gasteiger charge is -2.19. The number of nitrogens with one attached hydrogen (secondary N) is 1. The van der Waals surface area contributed by atoms with Crippen LogP contribution in [0.15, 0.2) is 24.3 Å². The maximum absolute atomic E-state index is 10.9. The molecule has 1 aromatic rings. The van der Waals surface area contributed by atoms with Gasteiger partial charge in [0.25, 0.3) is 10.2 Å². The molecular formula is C13H21N3O2S. The molecule has 0 radical (unpaired) electrons. The summed E-state index contributed by atoms with van der Waals surface area (Å²) in [7, 11) is -3.68. The normalized spacial score (nSPS) is 17.9. The maximum Gasteiger partial charge on any atom is 0.296 e. The van der Waals surface area contributed by atoms with Crippen LogP contribution in [0.5, 0.6) is 0 Å². The van der Waals surface area contributed by atoms with E-state index < -0.39 is 10.2 Å². The molecule has 0 bridgehead atoms. The fraction of sp³-hybridized carbons (Fsp3) is 0.538. The Balaban J connectivity index is 1.94. The van der Waals surface area contributed by atoms with Gasteiger partial charge in [0.1, 0.15) is 0 Å². The van der Waals surface area contributed by atoms with Gasteiger partial charge in [-0.1, -0.05) is 25.0 Å². The largest absolute Gasteiger partial charge is 0.299 e. The van der Waals surface area contributed by atoms with Gasteiger partial charge in [-0.25, -0.2) is 5.14 Å². The Labute approximate surface area is 115 Å². The van der Waals surface area contributed by atoms with Crippen molar-refractivity contribution in [3.05, 3.63) is 29.8 Å². The van der Waals surface area contributed by atoms with Gasteiger partial charge < -0.3 is 0 Å². The SMILES string of the molecule is NS(=O)(=O)Nc1ccc(CN2CCCCCC2)cc1. The van der Waals surface area contributed by atoms with Gasteiger partial charge in [-0.15, -0.1) is 0 Å². The molecule has 0 aromatic heterocycles. The Hall–Kier alpha value is -1.11. The van der Waals surface area contributed by atoms with Crippen molar-refractivity contribution in [1.82, 2.24) is 4.90 Å². The van der Waals surface area contributed by atoms with Gasteiger partial charge >= 0.3 is 0 Å². The van der Waals surface area contributed by atoms with E-state index in [9.17, 15) is 8.42 Å². The first-order chi connectivity index (χ1) is 9.03. The van der Waals surface area contributed by atoms with Crippen LogP contribution in [-0.2, 0) is 16.8 Å². The fourth-order valence-electron chi connectivity index (χ4n) is 2.39. The van der Waals surface area contributed by atoms with Crippen molar-refractivity contribution in [3.8, 4) is 0 Å². The zero-order valence-corrected chi connectivity index (χ0v) is 11.8. The summed E-state index contributed by atoms with van der Waals surface area (Å²) in [6.45, 7) is 3.23. The van der Waals surface area contributed by atoms with Gasteiger partial charge in [-0.05, 0) is 43.6 Å². The van der Waals surface area contributed by atoms with Crippen LogP contribution in [0.2, 0.25) is 0 Å². The molecule has 1 aromatic carbocycles. The van der Waals surface area contributed by atoms with Gasteiger partial charge in [-0.3, -0.25) is 9.62 Å². The third kappa shape index (κ3) is 5.18. The van der Waals surface area contributed by atoms with Crippen molar-refractivity contribution < 1.29 is 8.42 Å². The van der Waals surface area contributed by atoms with Crippen LogP contribution < -0.4 is 9.86 Å². The van der Waals surface area contributed by atoms with Gasteiger partial charge in [0.15, 0.2) is 0 Å². The van der Waals surface area contributed by atoms with Gasteiger partial charge in [0.2, 0.25) is 0 Å². The molecule has 1 fully saturated rings. The molecule has 0 amide bonds. The smallest absolute Gasteiger partial charge is 0.296 e. The summed E-state index contributed by atoms with van der Waals surface area (Å²) >= 11 is 0. The van der Waals surface area contributed by atoms with E-state index in [-0.39, 0.29) is 0 Å². The molecule has 3 N–H and O–H groups in total. The number of rotatable bonds is 4. The van der Waals surface area contributed by atoms with Crippen LogP contribution in [0.1, 0.15) is 31.2 Å². The second-order valence-corrected chi connectivity index (χ2v) is 6.33. The third-order valence-corrected chi connectivity index (χ3v) is 3.84. The molecule has 2 rings (SSSR count). The summed E-state index contributed by atoms with van der Waals surface area (Å²) in [5.74, 6) is 0. The molecule has 0 unspecified atom stereocenters. The van der Waals surface area contributed by atoms with Crippen LogP contribution in [0.25, 0.3) is 0 Å². The van der Waals surface area contributed by atoms with Crippen molar-refractivity contribution in [2.24, 2.45) is 5.14 Å². The van der Waals surface area contributed by atoms with Crippen molar-refractivity contribution in [3.63, 3.8) is 0 Å². The Bertz CT molecular complexity index is 491. The van der Waals surface area contributed by atoms with Crippen LogP contribution in [-0.4, -0.2) is 26.4 Å². The van der Waals surface area contributed by atoms with Crippen molar-refractivity contribution in [1.29, 1.82) is 0 Å². The fourth-order valence-corrected chi connectivity index (χ4v) is 2.86. The van der Waals surface area contributed by atoms with Crippen LogP contribution in [0.4, 0.5) is 5.69 Å². The Morgan fingerprint density at radius 2 is 1.63 bits per heavy atom. The average Bonchev–Trinajstić information content (AvgIpc) is 2.58. The summed E-state index contributed by atoms with van der Waals surface area (Å²) in [6.07, 6.45) is 5.19. The lowest BCUT2D eigenvalue weighted by atomic mass is 10.2. The highest BCUT2D eigenvalue weighted by atomic mass is 32.2. The molecule has 1 aliphatic rings. The lowest BCUT2D eigenvalue weighted by molar-refractivity contribution is 0.277. The summed E-state index contributed by atoms with van der Waals surface area (Å²) in [5.41, 5.74) is 1.70. The van der Waals surface area contributed by atoms with Crippen molar-refractivity contribution >= 4 is 15.9 Å². The standard InChI is InChI=1S/C13H21N3O2S/c14-19(17,18)15-13-7-5-12(6-8-13)11-16-9-3-1-2-4-10-16/h5-8,15H,1-4,9-11H2,(H2,14,17,18). The number of anilines is 1. The first-order valence-corrected chi connectivity index (χ1v) is 8.19. The highest BCUT2D eigenvalue weighted by Gasteiger charge is 2.09. The first-order valence-electron chi connectivity index (χ1n) is 6.65. The molecule has 0 aliphatic carbocycles. The molecule has 6 heteroatoms. The number of nitrogens with two attached hydrogens (primary N) is 1. The minimum Gasteiger partial charge on any atom is -0.299 e. The topological polar surface area (TPSA) is 75.4 Å². The van der Waals surface area contributed by atoms with Crippen molar-refractivity contribution in [2.75, 3.05) is 17.8 Å². The van der Waals surface area contributed by atoms with E-state index in [1.54, 1.807) is 12.1 Å². The van der Waals surface area contributed by atoms with E-state index in [0.717, 1.165) is 19.6 Å².